The van der Waals surface area contributed by atoms with E-state index in [2.05, 4.69) is 32.8 Å². The Labute approximate surface area is 85.5 Å². The van der Waals surface area contributed by atoms with Crippen LogP contribution in [0.3, 0.4) is 0 Å². The van der Waals surface area contributed by atoms with Crippen LogP contribution in [0.25, 0.3) is 0 Å². The highest BCUT2D eigenvalue weighted by Gasteiger charge is 2.07. The van der Waals surface area contributed by atoms with Crippen LogP contribution in [0.1, 0.15) is 24.9 Å². The Kier molecular flexibility index (Phi) is 3.47. The van der Waals surface area contributed by atoms with Crippen molar-refractivity contribution in [3.8, 4) is 0 Å². The van der Waals surface area contributed by atoms with Crippen LogP contribution in [0.4, 0.5) is 0 Å². The average Bonchev–Trinajstić information content (AvgIpc) is 2.00. The molecule has 1 aromatic heterocycles. The number of hydrogen-bond acceptors (Lipinski definition) is 2. The lowest BCUT2D eigenvalue weighted by atomic mass is 10.2. The molecular weight excluding hydrogens is 239 g/mol. The summed E-state index contributed by atoms with van der Waals surface area (Å²) in [6.07, 6.45) is 2.00. The number of rotatable bonds is 2. The lowest BCUT2D eigenvalue weighted by Gasteiger charge is -2.03. The minimum Gasteiger partial charge on any atom is -0.237 e. The summed E-state index contributed by atoms with van der Waals surface area (Å²) in [4.78, 5) is 8.30. The molecule has 0 atom stereocenters. The normalized spacial score (nSPS) is 10.3. The van der Waals surface area contributed by atoms with E-state index in [0.717, 1.165) is 28.8 Å². The van der Waals surface area contributed by atoms with E-state index in [9.17, 15) is 0 Å². The van der Waals surface area contributed by atoms with Gasteiger partial charge < -0.3 is 0 Å². The number of halogens is 2. The fraction of sp³-hybridized carbons (Fsp3) is 0.500. The van der Waals surface area contributed by atoms with Gasteiger partial charge in [0.2, 0.25) is 0 Å². The largest absolute Gasteiger partial charge is 0.237 e. The van der Waals surface area contributed by atoms with E-state index >= 15 is 0 Å². The molecule has 0 radical (unpaired) electrons. The van der Waals surface area contributed by atoms with Gasteiger partial charge in [-0.1, -0.05) is 24.9 Å². The molecule has 66 valence electrons. The van der Waals surface area contributed by atoms with Gasteiger partial charge in [0.05, 0.1) is 10.2 Å². The summed E-state index contributed by atoms with van der Waals surface area (Å²) in [6.45, 7) is 3.95. The summed E-state index contributed by atoms with van der Waals surface area (Å²) >= 11 is 9.22. The van der Waals surface area contributed by atoms with Crippen LogP contribution in [0.15, 0.2) is 4.47 Å². The Morgan fingerprint density at radius 3 is 2.67 bits per heavy atom. The molecular formula is C8H10BrClN2. The maximum atomic E-state index is 5.86. The molecule has 0 amide bonds. The van der Waals surface area contributed by atoms with Crippen molar-refractivity contribution < 1.29 is 0 Å². The summed E-state index contributed by atoms with van der Waals surface area (Å²) < 4.78 is 0.830. The summed E-state index contributed by atoms with van der Waals surface area (Å²) in [6, 6.07) is 0. The van der Waals surface area contributed by atoms with E-state index in [4.69, 9.17) is 11.6 Å². The molecule has 12 heavy (non-hydrogen) atoms. The van der Waals surface area contributed by atoms with Gasteiger partial charge in [-0.3, -0.25) is 0 Å². The maximum absolute atomic E-state index is 5.86. The summed E-state index contributed by atoms with van der Waals surface area (Å²) in [5.74, 6) is 0.728. The molecule has 1 rings (SSSR count). The zero-order chi connectivity index (χ0) is 9.14. The van der Waals surface area contributed by atoms with Gasteiger partial charge in [-0.05, 0) is 29.3 Å². The first-order chi connectivity index (χ1) is 5.65. The van der Waals surface area contributed by atoms with Crippen molar-refractivity contribution in [3.63, 3.8) is 0 Å². The highest BCUT2D eigenvalue weighted by Crippen LogP contribution is 2.23. The molecule has 1 aromatic rings. The van der Waals surface area contributed by atoms with E-state index in [-0.39, 0.29) is 0 Å². The van der Waals surface area contributed by atoms with Gasteiger partial charge in [0.25, 0.3) is 0 Å². The lowest BCUT2D eigenvalue weighted by Crippen LogP contribution is -1.97. The molecule has 0 saturated carbocycles. The molecule has 0 unspecified atom stereocenters. The van der Waals surface area contributed by atoms with Crippen molar-refractivity contribution in [2.75, 3.05) is 0 Å². The maximum Gasteiger partial charge on any atom is 0.147 e. The van der Waals surface area contributed by atoms with Gasteiger partial charge in [0.15, 0.2) is 0 Å². The molecule has 0 aliphatic carbocycles. The number of aryl methyl sites for hydroxylation is 2. The van der Waals surface area contributed by atoms with E-state index < -0.39 is 0 Å². The van der Waals surface area contributed by atoms with Crippen molar-refractivity contribution in [1.82, 2.24) is 9.97 Å². The fourth-order valence-electron chi connectivity index (χ4n) is 0.982. The molecule has 1 heterocycles. The van der Waals surface area contributed by atoms with Crippen molar-refractivity contribution in [1.29, 1.82) is 0 Å². The topological polar surface area (TPSA) is 25.8 Å². The third kappa shape index (κ3) is 2.17. The van der Waals surface area contributed by atoms with Crippen LogP contribution < -0.4 is 0 Å². The van der Waals surface area contributed by atoms with Crippen molar-refractivity contribution >= 4 is 27.5 Å². The highest BCUT2D eigenvalue weighted by molar-refractivity contribution is 9.10. The number of hydrogen-bond donors (Lipinski definition) is 0. The third-order valence-electron chi connectivity index (χ3n) is 1.48. The molecule has 0 spiro atoms. The molecule has 0 aliphatic heterocycles. The summed E-state index contributed by atoms with van der Waals surface area (Å²) in [5.41, 5.74) is 0.995. The standard InChI is InChI=1S/C8H10BrClN2/c1-3-4-6-7(9)8(10)12-5(2)11-6/h3-4H2,1-2H3. The van der Waals surface area contributed by atoms with E-state index in [1.54, 1.807) is 0 Å². The Hall–Kier alpha value is -0.150. The molecule has 0 aromatic carbocycles. The molecule has 0 aliphatic rings. The Morgan fingerprint density at radius 1 is 1.42 bits per heavy atom. The quantitative estimate of drug-likeness (QED) is 0.753. The zero-order valence-corrected chi connectivity index (χ0v) is 9.41. The van der Waals surface area contributed by atoms with Gasteiger partial charge in [-0.25, -0.2) is 9.97 Å². The van der Waals surface area contributed by atoms with Crippen molar-refractivity contribution in [2.45, 2.75) is 26.7 Å². The van der Waals surface area contributed by atoms with Crippen LogP contribution in [-0.2, 0) is 6.42 Å². The predicted molar refractivity (Wildman–Crippen MR) is 53.5 cm³/mol. The van der Waals surface area contributed by atoms with E-state index in [0.29, 0.717) is 5.15 Å². The Balaban J connectivity index is 3.09. The first-order valence-electron chi connectivity index (χ1n) is 3.83. The summed E-state index contributed by atoms with van der Waals surface area (Å²) in [5, 5.41) is 0.506. The molecule has 0 bridgehead atoms. The number of nitrogens with zero attached hydrogens (tertiary/aromatic N) is 2. The van der Waals surface area contributed by atoms with Crippen LogP contribution in [0.2, 0.25) is 5.15 Å². The van der Waals surface area contributed by atoms with Gasteiger partial charge in [-0.15, -0.1) is 0 Å². The fourth-order valence-corrected chi connectivity index (χ4v) is 1.59. The van der Waals surface area contributed by atoms with Gasteiger partial charge >= 0.3 is 0 Å². The van der Waals surface area contributed by atoms with Crippen LogP contribution in [-0.4, -0.2) is 9.97 Å². The second-order valence-corrected chi connectivity index (χ2v) is 3.72. The zero-order valence-electron chi connectivity index (χ0n) is 7.06. The van der Waals surface area contributed by atoms with Crippen molar-refractivity contribution in [3.05, 3.63) is 21.1 Å². The van der Waals surface area contributed by atoms with Crippen molar-refractivity contribution in [2.24, 2.45) is 0 Å². The van der Waals surface area contributed by atoms with Gasteiger partial charge in [-0.2, -0.15) is 0 Å². The first-order valence-corrected chi connectivity index (χ1v) is 5.00. The van der Waals surface area contributed by atoms with E-state index in [1.165, 1.54) is 0 Å². The highest BCUT2D eigenvalue weighted by atomic mass is 79.9. The Morgan fingerprint density at radius 2 is 2.08 bits per heavy atom. The SMILES string of the molecule is CCCc1nc(C)nc(Cl)c1Br. The van der Waals surface area contributed by atoms with Gasteiger partial charge in [0.1, 0.15) is 11.0 Å². The first kappa shape index (κ1) is 9.93. The minimum atomic E-state index is 0.506. The summed E-state index contributed by atoms with van der Waals surface area (Å²) in [7, 11) is 0. The smallest absolute Gasteiger partial charge is 0.147 e. The van der Waals surface area contributed by atoms with Crippen LogP contribution >= 0.6 is 27.5 Å². The molecule has 0 fully saturated rings. The minimum absolute atomic E-state index is 0.506. The molecule has 0 saturated heterocycles. The van der Waals surface area contributed by atoms with Crippen LogP contribution in [0, 0.1) is 6.92 Å². The molecule has 2 nitrogen and oxygen atoms in total. The molecule has 4 heteroatoms. The Bertz CT molecular complexity index is 289. The molecule has 0 N–H and O–H groups in total. The van der Waals surface area contributed by atoms with Gasteiger partial charge in [0, 0.05) is 0 Å². The third-order valence-corrected chi connectivity index (χ3v) is 2.81. The second kappa shape index (κ2) is 4.19. The van der Waals surface area contributed by atoms with Crippen LogP contribution in [0.5, 0.6) is 0 Å². The number of aromatic nitrogens is 2. The predicted octanol–water partition coefficient (Wildman–Crippen LogP) is 3.15. The lowest BCUT2D eigenvalue weighted by molar-refractivity contribution is 0.849. The average molecular weight is 250 g/mol. The monoisotopic (exact) mass is 248 g/mol. The van der Waals surface area contributed by atoms with E-state index in [1.807, 2.05) is 6.92 Å². The second-order valence-electron chi connectivity index (χ2n) is 2.57.